The van der Waals surface area contributed by atoms with Gasteiger partial charge in [0.25, 0.3) is 5.91 Å². The topological polar surface area (TPSA) is 89.4 Å². The van der Waals surface area contributed by atoms with Crippen LogP contribution in [0.1, 0.15) is 40.5 Å². The van der Waals surface area contributed by atoms with E-state index in [0.717, 1.165) is 25.9 Å². The van der Waals surface area contributed by atoms with E-state index in [0.29, 0.717) is 17.2 Å². The predicted molar refractivity (Wildman–Crippen MR) is 73.7 cm³/mol. The largest absolute Gasteiger partial charge is 0.399 e. The zero-order valence-electron chi connectivity index (χ0n) is 11.1. The Kier molecular flexibility index (Phi) is 3.74. The number of rotatable bonds is 2. The van der Waals surface area contributed by atoms with E-state index in [1.54, 1.807) is 6.07 Å². The van der Waals surface area contributed by atoms with Crippen LogP contribution in [0.2, 0.25) is 0 Å². The average Bonchev–Trinajstić information content (AvgIpc) is 2.37. The van der Waals surface area contributed by atoms with Crippen molar-refractivity contribution in [3.05, 3.63) is 29.3 Å². The van der Waals surface area contributed by atoms with Gasteiger partial charge in [-0.1, -0.05) is 6.92 Å². The van der Waals surface area contributed by atoms with E-state index >= 15 is 0 Å². The molecule has 1 atom stereocenters. The molecule has 1 heterocycles. The van der Waals surface area contributed by atoms with Crippen LogP contribution >= 0.6 is 0 Å². The summed E-state index contributed by atoms with van der Waals surface area (Å²) in [7, 11) is 0. The van der Waals surface area contributed by atoms with Crippen LogP contribution in [0.4, 0.5) is 5.69 Å². The van der Waals surface area contributed by atoms with E-state index < -0.39 is 5.91 Å². The number of benzene rings is 1. The third-order valence-corrected chi connectivity index (χ3v) is 3.43. The fraction of sp³-hybridized carbons (Fsp3) is 0.429. The Hall–Kier alpha value is -2.04. The smallest absolute Gasteiger partial charge is 0.253 e. The summed E-state index contributed by atoms with van der Waals surface area (Å²) >= 11 is 0. The van der Waals surface area contributed by atoms with Gasteiger partial charge in [0.2, 0.25) is 5.91 Å². The summed E-state index contributed by atoms with van der Waals surface area (Å²) < 4.78 is 0. The Morgan fingerprint density at radius 3 is 2.58 bits per heavy atom. The van der Waals surface area contributed by atoms with Crippen LogP contribution in [-0.4, -0.2) is 29.8 Å². The molecule has 0 bridgehead atoms. The molecule has 4 N–H and O–H groups in total. The molecule has 2 rings (SSSR count). The summed E-state index contributed by atoms with van der Waals surface area (Å²) in [5.74, 6) is -0.149. The number of nitrogens with zero attached hydrogens (tertiary/aromatic N) is 1. The molecule has 1 aliphatic heterocycles. The second kappa shape index (κ2) is 5.30. The number of hydrogen-bond acceptors (Lipinski definition) is 3. The minimum Gasteiger partial charge on any atom is -0.399 e. The molecule has 1 saturated heterocycles. The lowest BCUT2D eigenvalue weighted by Gasteiger charge is -2.31. The molecule has 5 nitrogen and oxygen atoms in total. The van der Waals surface area contributed by atoms with Crippen molar-refractivity contribution in [3.63, 3.8) is 0 Å². The van der Waals surface area contributed by atoms with Crippen LogP contribution in [0.3, 0.4) is 0 Å². The van der Waals surface area contributed by atoms with Gasteiger partial charge in [0.1, 0.15) is 0 Å². The lowest BCUT2D eigenvalue weighted by atomic mass is 9.99. The number of carbonyl (C=O) groups excluding carboxylic acids is 2. The van der Waals surface area contributed by atoms with Gasteiger partial charge in [0.05, 0.1) is 0 Å². The molecule has 0 radical (unpaired) electrons. The maximum Gasteiger partial charge on any atom is 0.253 e. The van der Waals surface area contributed by atoms with Crippen molar-refractivity contribution in [1.82, 2.24) is 4.90 Å². The van der Waals surface area contributed by atoms with E-state index in [2.05, 4.69) is 6.92 Å². The van der Waals surface area contributed by atoms with Crippen LogP contribution in [0.15, 0.2) is 18.2 Å². The van der Waals surface area contributed by atoms with E-state index in [9.17, 15) is 9.59 Å². The molecule has 0 aliphatic carbocycles. The molecular weight excluding hydrogens is 242 g/mol. The van der Waals surface area contributed by atoms with Crippen molar-refractivity contribution < 1.29 is 9.59 Å². The summed E-state index contributed by atoms with van der Waals surface area (Å²) in [5, 5.41) is 0. The first-order chi connectivity index (χ1) is 8.97. The van der Waals surface area contributed by atoms with Crippen molar-refractivity contribution in [1.29, 1.82) is 0 Å². The molecule has 0 aromatic heterocycles. The van der Waals surface area contributed by atoms with Gasteiger partial charge in [-0.3, -0.25) is 9.59 Å². The van der Waals surface area contributed by atoms with E-state index in [-0.39, 0.29) is 11.5 Å². The van der Waals surface area contributed by atoms with Crippen molar-refractivity contribution in [3.8, 4) is 0 Å². The van der Waals surface area contributed by atoms with Crippen LogP contribution in [0.5, 0.6) is 0 Å². The Morgan fingerprint density at radius 2 is 1.95 bits per heavy atom. The molecule has 0 saturated carbocycles. The molecule has 2 amide bonds. The number of anilines is 1. The van der Waals surface area contributed by atoms with Gasteiger partial charge < -0.3 is 16.4 Å². The molecule has 5 heteroatoms. The van der Waals surface area contributed by atoms with Crippen molar-refractivity contribution in [2.24, 2.45) is 11.7 Å². The standard InChI is InChI=1S/C14H19N3O2/c1-9-3-2-4-17(8-9)14(19)11-5-10(13(16)18)6-12(15)7-11/h5-7,9H,2-4,8,15H2,1H3,(H2,16,18). The number of primary amides is 1. The highest BCUT2D eigenvalue weighted by Gasteiger charge is 2.22. The van der Waals surface area contributed by atoms with Gasteiger partial charge in [-0.25, -0.2) is 0 Å². The van der Waals surface area contributed by atoms with Gasteiger partial charge in [0.15, 0.2) is 0 Å². The minimum atomic E-state index is -0.576. The SMILES string of the molecule is CC1CCCN(C(=O)c2cc(N)cc(C(N)=O)c2)C1. The Bertz CT molecular complexity index is 513. The number of piperidine rings is 1. The number of carbonyl (C=O) groups is 2. The fourth-order valence-electron chi connectivity index (χ4n) is 2.47. The molecule has 1 aromatic carbocycles. The minimum absolute atomic E-state index is 0.0821. The highest BCUT2D eigenvalue weighted by atomic mass is 16.2. The average molecular weight is 261 g/mol. The maximum absolute atomic E-state index is 12.4. The van der Waals surface area contributed by atoms with Gasteiger partial charge in [-0.2, -0.15) is 0 Å². The summed E-state index contributed by atoms with van der Waals surface area (Å²) in [4.78, 5) is 25.4. The molecule has 1 unspecified atom stereocenters. The third kappa shape index (κ3) is 3.05. The molecule has 1 aliphatic rings. The Morgan fingerprint density at radius 1 is 1.26 bits per heavy atom. The molecule has 1 fully saturated rings. The van der Waals surface area contributed by atoms with Gasteiger partial charge in [-0.05, 0) is 37.0 Å². The maximum atomic E-state index is 12.4. The molecular formula is C14H19N3O2. The van der Waals surface area contributed by atoms with Crippen molar-refractivity contribution >= 4 is 17.5 Å². The van der Waals surface area contributed by atoms with Crippen molar-refractivity contribution in [2.75, 3.05) is 18.8 Å². The van der Waals surface area contributed by atoms with Crippen LogP contribution < -0.4 is 11.5 Å². The highest BCUT2D eigenvalue weighted by Crippen LogP contribution is 2.20. The number of likely N-dealkylation sites (tertiary alicyclic amines) is 1. The first-order valence-electron chi connectivity index (χ1n) is 6.47. The van der Waals surface area contributed by atoms with E-state index in [4.69, 9.17) is 11.5 Å². The highest BCUT2D eigenvalue weighted by molar-refractivity contribution is 6.00. The van der Waals surface area contributed by atoms with Crippen LogP contribution in [-0.2, 0) is 0 Å². The third-order valence-electron chi connectivity index (χ3n) is 3.43. The first-order valence-corrected chi connectivity index (χ1v) is 6.47. The van der Waals surface area contributed by atoms with Crippen LogP contribution in [0.25, 0.3) is 0 Å². The Labute approximate surface area is 112 Å². The monoisotopic (exact) mass is 261 g/mol. The summed E-state index contributed by atoms with van der Waals surface area (Å²) in [5.41, 5.74) is 12.0. The van der Waals surface area contributed by atoms with E-state index in [1.807, 2.05) is 4.90 Å². The van der Waals surface area contributed by atoms with Gasteiger partial charge >= 0.3 is 0 Å². The second-order valence-corrected chi connectivity index (χ2v) is 5.21. The molecule has 102 valence electrons. The van der Waals surface area contributed by atoms with Crippen molar-refractivity contribution in [2.45, 2.75) is 19.8 Å². The zero-order chi connectivity index (χ0) is 14.0. The van der Waals surface area contributed by atoms with Gasteiger partial charge in [-0.15, -0.1) is 0 Å². The first kappa shape index (κ1) is 13.4. The Balaban J connectivity index is 2.25. The van der Waals surface area contributed by atoms with E-state index in [1.165, 1.54) is 12.1 Å². The fourth-order valence-corrected chi connectivity index (χ4v) is 2.47. The lowest BCUT2D eigenvalue weighted by molar-refractivity contribution is 0.0683. The summed E-state index contributed by atoms with van der Waals surface area (Å²) in [6, 6.07) is 4.59. The summed E-state index contributed by atoms with van der Waals surface area (Å²) in [6.45, 7) is 3.64. The predicted octanol–water partition coefficient (Wildman–Crippen LogP) is 1.24. The quantitative estimate of drug-likeness (QED) is 0.785. The number of amides is 2. The molecule has 0 spiro atoms. The normalized spacial score (nSPS) is 19.2. The second-order valence-electron chi connectivity index (χ2n) is 5.21. The number of hydrogen-bond donors (Lipinski definition) is 2. The van der Waals surface area contributed by atoms with Crippen LogP contribution in [0, 0.1) is 5.92 Å². The lowest BCUT2D eigenvalue weighted by Crippen LogP contribution is -2.39. The number of nitrogen functional groups attached to an aromatic ring is 1. The molecule has 1 aromatic rings. The van der Waals surface area contributed by atoms with Gasteiger partial charge in [0, 0.05) is 29.9 Å². The zero-order valence-corrected chi connectivity index (χ0v) is 11.1. The summed E-state index contributed by atoms with van der Waals surface area (Å²) in [6.07, 6.45) is 2.16. The number of nitrogens with two attached hydrogens (primary N) is 2. The molecule has 19 heavy (non-hydrogen) atoms.